The van der Waals surface area contributed by atoms with Crippen LogP contribution in [0.5, 0.6) is 0 Å². The van der Waals surface area contributed by atoms with Crippen LogP contribution in [0, 0.1) is 13.8 Å². The lowest BCUT2D eigenvalue weighted by molar-refractivity contribution is -0.134. The Morgan fingerprint density at radius 1 is 1.11 bits per heavy atom. The van der Waals surface area contributed by atoms with E-state index in [0.29, 0.717) is 42.6 Å². The molecule has 0 aliphatic carbocycles. The molecule has 0 bridgehead atoms. The van der Waals surface area contributed by atoms with Gasteiger partial charge in [0.25, 0.3) is 5.91 Å². The summed E-state index contributed by atoms with van der Waals surface area (Å²) in [5.74, 6) is -0.179. The molecule has 2 aromatic rings. The molecule has 37 heavy (non-hydrogen) atoms. The van der Waals surface area contributed by atoms with E-state index in [2.05, 4.69) is 5.32 Å². The minimum absolute atomic E-state index is 0.0406. The topological polar surface area (TPSA) is 74.2 Å². The van der Waals surface area contributed by atoms with E-state index in [0.717, 1.165) is 33.2 Å². The summed E-state index contributed by atoms with van der Waals surface area (Å²) in [5.41, 5.74) is 5.79. The Labute approximate surface area is 226 Å². The van der Waals surface area contributed by atoms with Crippen molar-refractivity contribution in [3.63, 3.8) is 0 Å². The quantitative estimate of drug-likeness (QED) is 0.552. The van der Waals surface area contributed by atoms with E-state index in [9.17, 15) is 9.59 Å². The molecular weight excluding hydrogens is 508 g/mol. The van der Waals surface area contributed by atoms with Crippen molar-refractivity contribution >= 4 is 46.0 Å². The summed E-state index contributed by atoms with van der Waals surface area (Å²) in [5, 5.41) is 6.44. The van der Waals surface area contributed by atoms with Gasteiger partial charge in [-0.25, -0.2) is 4.99 Å². The summed E-state index contributed by atoms with van der Waals surface area (Å²) in [6, 6.07) is 13.0. The number of carbonyl (C=O) groups excluding carboxylic acids is 2. The number of amides is 2. The molecular formula is C28H29ClN4O3S. The Balaban J connectivity index is 1.49. The van der Waals surface area contributed by atoms with Crippen molar-refractivity contribution in [3.05, 3.63) is 86.6 Å². The van der Waals surface area contributed by atoms with Crippen LogP contribution in [0.4, 0.5) is 5.69 Å². The van der Waals surface area contributed by atoms with Crippen LogP contribution in [0.3, 0.4) is 0 Å². The second-order valence-electron chi connectivity index (χ2n) is 9.39. The van der Waals surface area contributed by atoms with Gasteiger partial charge in [-0.2, -0.15) is 0 Å². The van der Waals surface area contributed by atoms with Gasteiger partial charge in [-0.05, 0) is 55.5 Å². The first-order chi connectivity index (χ1) is 17.8. The van der Waals surface area contributed by atoms with Gasteiger partial charge in [0.1, 0.15) is 0 Å². The second kappa shape index (κ2) is 10.7. The molecule has 2 aromatic carbocycles. The molecule has 1 saturated heterocycles. The second-order valence-corrected chi connectivity index (χ2v) is 10.7. The maximum absolute atomic E-state index is 13.8. The van der Waals surface area contributed by atoms with Crippen LogP contribution in [-0.2, 0) is 14.3 Å². The number of nitrogens with one attached hydrogen (secondary N) is 1. The number of fused-ring (bicyclic) bond motifs is 1. The van der Waals surface area contributed by atoms with Crippen LogP contribution in [0.15, 0.2) is 69.8 Å². The van der Waals surface area contributed by atoms with Gasteiger partial charge < -0.3 is 19.9 Å². The summed E-state index contributed by atoms with van der Waals surface area (Å²) in [4.78, 5) is 35.6. The molecule has 3 aliphatic heterocycles. The molecule has 7 nitrogen and oxygen atoms in total. The zero-order valence-electron chi connectivity index (χ0n) is 21.1. The average molecular weight is 537 g/mol. The van der Waals surface area contributed by atoms with E-state index in [1.165, 1.54) is 11.8 Å². The van der Waals surface area contributed by atoms with Crippen LogP contribution < -0.4 is 5.32 Å². The third-order valence-electron chi connectivity index (χ3n) is 6.76. The first kappa shape index (κ1) is 25.6. The Hall–Kier alpha value is -3.07. The Kier molecular flexibility index (Phi) is 7.42. The summed E-state index contributed by atoms with van der Waals surface area (Å²) >= 11 is 7.68. The standard InChI is InChI=1S/C28H29ClN4O3S/c1-17-4-9-23(18(2)14-17)31-27(35)25-19(3)30-28-33(26(25)20-5-7-21(29)8-6-20)22(16-37-28)15-24(34)32-10-12-36-13-11-32/h4-9,14,16,26H,10-13,15H2,1-3H3,(H,31,35). The lowest BCUT2D eigenvalue weighted by Gasteiger charge is -2.37. The molecule has 9 heteroatoms. The number of carbonyl (C=O) groups is 2. The molecule has 0 aromatic heterocycles. The highest BCUT2D eigenvalue weighted by Crippen LogP contribution is 2.45. The largest absolute Gasteiger partial charge is 0.378 e. The van der Waals surface area contributed by atoms with Crippen molar-refractivity contribution in [2.24, 2.45) is 4.99 Å². The predicted molar refractivity (Wildman–Crippen MR) is 148 cm³/mol. The van der Waals surface area contributed by atoms with Crippen molar-refractivity contribution in [2.45, 2.75) is 33.2 Å². The van der Waals surface area contributed by atoms with Gasteiger partial charge in [0, 0.05) is 29.5 Å². The average Bonchev–Trinajstić information content (AvgIpc) is 3.27. The highest BCUT2D eigenvalue weighted by Gasteiger charge is 2.41. The van der Waals surface area contributed by atoms with Gasteiger partial charge in [-0.1, -0.05) is 53.2 Å². The Bertz CT molecular complexity index is 1330. The molecule has 2 amide bonds. The summed E-state index contributed by atoms with van der Waals surface area (Å²) in [7, 11) is 0. The smallest absolute Gasteiger partial charge is 0.255 e. The highest BCUT2D eigenvalue weighted by molar-refractivity contribution is 8.16. The number of morpholine rings is 1. The van der Waals surface area contributed by atoms with Crippen LogP contribution in [-0.4, -0.2) is 53.1 Å². The van der Waals surface area contributed by atoms with Crippen molar-refractivity contribution in [3.8, 4) is 0 Å². The number of ether oxygens (including phenoxy) is 1. The molecule has 3 heterocycles. The molecule has 0 saturated carbocycles. The van der Waals surface area contributed by atoms with Gasteiger partial charge in [0.05, 0.1) is 36.9 Å². The van der Waals surface area contributed by atoms with Gasteiger partial charge in [-0.3, -0.25) is 9.59 Å². The van der Waals surface area contributed by atoms with Crippen LogP contribution >= 0.6 is 23.4 Å². The highest BCUT2D eigenvalue weighted by atomic mass is 35.5. The van der Waals surface area contributed by atoms with Crippen LogP contribution in [0.2, 0.25) is 5.02 Å². The number of rotatable bonds is 5. The number of amidine groups is 1. The van der Waals surface area contributed by atoms with E-state index in [1.807, 2.05) is 78.4 Å². The molecule has 5 rings (SSSR count). The van der Waals surface area contributed by atoms with Crippen molar-refractivity contribution in [1.82, 2.24) is 9.80 Å². The number of aryl methyl sites for hydroxylation is 2. The normalized spacial score (nSPS) is 19.4. The number of allylic oxidation sites excluding steroid dienone is 1. The van der Waals surface area contributed by atoms with Crippen LogP contribution in [0.1, 0.15) is 36.1 Å². The van der Waals surface area contributed by atoms with Crippen molar-refractivity contribution < 1.29 is 14.3 Å². The summed E-state index contributed by atoms with van der Waals surface area (Å²) < 4.78 is 5.40. The van der Waals surface area contributed by atoms with E-state index in [1.54, 1.807) is 0 Å². The fourth-order valence-corrected chi connectivity index (χ4v) is 5.93. The molecule has 1 unspecified atom stereocenters. The van der Waals surface area contributed by atoms with E-state index in [4.69, 9.17) is 21.3 Å². The fourth-order valence-electron chi connectivity index (χ4n) is 4.84. The SMILES string of the molecule is CC1=C(C(=O)Nc2ccc(C)cc2C)C(c2ccc(Cl)cc2)N2C(CC(=O)N3CCOCC3)=CSC2=N1. The number of halogens is 1. The first-order valence-electron chi connectivity index (χ1n) is 12.3. The molecule has 1 atom stereocenters. The number of hydrogen-bond acceptors (Lipinski definition) is 6. The summed E-state index contributed by atoms with van der Waals surface area (Å²) in [6.07, 6.45) is 0.223. The maximum atomic E-state index is 13.8. The van der Waals surface area contributed by atoms with Crippen LogP contribution in [0.25, 0.3) is 0 Å². The minimum Gasteiger partial charge on any atom is -0.378 e. The summed E-state index contributed by atoms with van der Waals surface area (Å²) in [6.45, 7) is 8.14. The van der Waals surface area contributed by atoms with Gasteiger partial charge in [-0.15, -0.1) is 0 Å². The molecule has 1 fully saturated rings. The monoisotopic (exact) mass is 536 g/mol. The van der Waals surface area contributed by atoms with Gasteiger partial charge in [0.15, 0.2) is 5.17 Å². The van der Waals surface area contributed by atoms with E-state index >= 15 is 0 Å². The first-order valence-corrected chi connectivity index (χ1v) is 13.5. The molecule has 0 radical (unpaired) electrons. The number of thioether (sulfide) groups is 1. The van der Waals surface area contributed by atoms with E-state index < -0.39 is 6.04 Å². The number of anilines is 1. The maximum Gasteiger partial charge on any atom is 0.255 e. The third kappa shape index (κ3) is 5.32. The Morgan fingerprint density at radius 2 is 1.84 bits per heavy atom. The molecule has 3 aliphatic rings. The van der Waals surface area contributed by atoms with Crippen molar-refractivity contribution in [1.29, 1.82) is 0 Å². The molecule has 1 N–H and O–H groups in total. The zero-order valence-corrected chi connectivity index (χ0v) is 22.7. The number of hydrogen-bond donors (Lipinski definition) is 1. The number of aliphatic imine (C=N–C) groups is 1. The lowest BCUT2D eigenvalue weighted by Crippen LogP contribution is -2.42. The fraction of sp³-hybridized carbons (Fsp3) is 0.321. The van der Waals surface area contributed by atoms with Crippen molar-refractivity contribution in [2.75, 3.05) is 31.6 Å². The predicted octanol–water partition coefficient (Wildman–Crippen LogP) is 5.42. The lowest BCUT2D eigenvalue weighted by atomic mass is 9.93. The van der Waals surface area contributed by atoms with Gasteiger partial charge in [0.2, 0.25) is 5.91 Å². The molecule has 192 valence electrons. The molecule has 0 spiro atoms. The Morgan fingerprint density at radius 3 is 2.54 bits per heavy atom. The zero-order chi connectivity index (χ0) is 26.1. The van der Waals surface area contributed by atoms with Gasteiger partial charge >= 0.3 is 0 Å². The third-order valence-corrected chi connectivity index (χ3v) is 7.90. The number of benzene rings is 2. The van der Waals surface area contributed by atoms with E-state index in [-0.39, 0.29) is 18.2 Å². The number of nitrogens with zero attached hydrogens (tertiary/aromatic N) is 3. The minimum atomic E-state index is -0.450.